The third-order valence-electron chi connectivity index (χ3n) is 6.15. The monoisotopic (exact) mass is 445 g/mol. The molecule has 1 saturated heterocycles. The second kappa shape index (κ2) is 8.98. The van der Waals surface area contributed by atoms with Crippen molar-refractivity contribution in [2.75, 3.05) is 7.11 Å². The van der Waals surface area contributed by atoms with Crippen LogP contribution >= 0.6 is 0 Å². The van der Waals surface area contributed by atoms with Crippen molar-refractivity contribution in [3.05, 3.63) is 93.9 Å². The molecule has 0 radical (unpaired) electrons. The molecule has 6 heteroatoms. The lowest BCUT2D eigenvalue weighted by atomic mass is 9.92. The Hall–Kier alpha value is -3.80. The molecule has 1 N–H and O–H groups in total. The molecule has 1 fully saturated rings. The first kappa shape index (κ1) is 22.4. The number of amides is 1. The Bertz CT molecular complexity index is 1220. The van der Waals surface area contributed by atoms with E-state index >= 15 is 0 Å². The maximum Gasteiger partial charge on any atom is 0.296 e. The van der Waals surface area contributed by atoms with E-state index in [2.05, 4.69) is 6.92 Å². The van der Waals surface area contributed by atoms with Gasteiger partial charge in [-0.2, -0.15) is 0 Å². The van der Waals surface area contributed by atoms with Crippen molar-refractivity contribution >= 4 is 17.4 Å². The van der Waals surface area contributed by atoms with Crippen molar-refractivity contribution in [2.45, 2.75) is 39.8 Å². The molecule has 1 aliphatic rings. The highest BCUT2D eigenvalue weighted by molar-refractivity contribution is 6.46. The molecular formula is C27H27NO5. The van der Waals surface area contributed by atoms with Gasteiger partial charge in [0, 0.05) is 5.56 Å². The summed E-state index contributed by atoms with van der Waals surface area (Å²) in [4.78, 5) is 27.8. The summed E-state index contributed by atoms with van der Waals surface area (Å²) in [6.07, 6.45) is 2.40. The quantitative estimate of drug-likeness (QED) is 0.325. The molecule has 0 bridgehead atoms. The summed E-state index contributed by atoms with van der Waals surface area (Å²) in [6.45, 7) is 5.88. The molecule has 1 aliphatic heterocycles. The molecule has 0 saturated carbocycles. The minimum Gasteiger partial charge on any atom is -0.507 e. The molecule has 1 atom stereocenters. The van der Waals surface area contributed by atoms with Gasteiger partial charge < -0.3 is 19.2 Å². The Balaban J connectivity index is 1.89. The summed E-state index contributed by atoms with van der Waals surface area (Å²) in [5, 5.41) is 11.4. The molecule has 4 rings (SSSR count). The van der Waals surface area contributed by atoms with Crippen LogP contribution in [0.5, 0.6) is 5.75 Å². The van der Waals surface area contributed by atoms with Gasteiger partial charge >= 0.3 is 0 Å². The van der Waals surface area contributed by atoms with Gasteiger partial charge in [-0.25, -0.2) is 0 Å². The lowest BCUT2D eigenvalue weighted by molar-refractivity contribution is -0.140. The van der Waals surface area contributed by atoms with Crippen LogP contribution in [0.15, 0.2) is 64.8 Å². The van der Waals surface area contributed by atoms with E-state index in [1.807, 2.05) is 44.2 Å². The fourth-order valence-electron chi connectivity index (χ4n) is 4.31. The second-order valence-electron chi connectivity index (χ2n) is 8.24. The van der Waals surface area contributed by atoms with Crippen LogP contribution in [0, 0.1) is 13.8 Å². The molecule has 0 aliphatic carbocycles. The average Bonchev–Trinajstić information content (AvgIpc) is 3.42. The molecule has 1 aromatic heterocycles. The number of nitrogens with zero attached hydrogens (tertiary/aromatic N) is 1. The van der Waals surface area contributed by atoms with Gasteiger partial charge in [-0.3, -0.25) is 9.59 Å². The number of ether oxygens (including phenoxy) is 1. The number of aliphatic hydroxyl groups is 1. The van der Waals surface area contributed by atoms with Gasteiger partial charge in [0.1, 0.15) is 17.3 Å². The predicted molar refractivity (Wildman–Crippen MR) is 125 cm³/mol. The maximum absolute atomic E-state index is 13.2. The fraction of sp³-hybridized carbons (Fsp3) is 0.259. The van der Waals surface area contributed by atoms with E-state index in [4.69, 9.17) is 9.15 Å². The van der Waals surface area contributed by atoms with Gasteiger partial charge in [0.05, 0.1) is 31.5 Å². The number of furan rings is 1. The Labute approximate surface area is 193 Å². The number of ketones is 1. The highest BCUT2D eigenvalue weighted by Gasteiger charge is 2.46. The topological polar surface area (TPSA) is 80.0 Å². The van der Waals surface area contributed by atoms with Crippen molar-refractivity contribution in [3.63, 3.8) is 0 Å². The molecule has 170 valence electrons. The van der Waals surface area contributed by atoms with Crippen LogP contribution in [0.4, 0.5) is 0 Å². The fourth-order valence-corrected chi connectivity index (χ4v) is 4.31. The highest BCUT2D eigenvalue weighted by Crippen LogP contribution is 2.41. The summed E-state index contributed by atoms with van der Waals surface area (Å²) < 4.78 is 10.8. The summed E-state index contributed by atoms with van der Waals surface area (Å²) in [5.74, 6) is -0.322. The van der Waals surface area contributed by atoms with Crippen LogP contribution in [-0.4, -0.2) is 28.8 Å². The normalized spacial score (nSPS) is 17.6. The summed E-state index contributed by atoms with van der Waals surface area (Å²) in [5.41, 5.74) is 4.03. The van der Waals surface area contributed by atoms with Gasteiger partial charge in [-0.05, 0) is 66.8 Å². The van der Waals surface area contributed by atoms with Gasteiger partial charge in [-0.1, -0.05) is 31.2 Å². The first-order chi connectivity index (χ1) is 15.8. The Morgan fingerprint density at radius 2 is 1.82 bits per heavy atom. The number of hydrogen-bond donors (Lipinski definition) is 1. The largest absolute Gasteiger partial charge is 0.507 e. The Morgan fingerprint density at radius 1 is 1.09 bits per heavy atom. The summed E-state index contributed by atoms with van der Waals surface area (Å²) in [7, 11) is 1.58. The number of carbonyl (C=O) groups is 2. The molecule has 1 unspecified atom stereocenters. The molecule has 2 heterocycles. The predicted octanol–water partition coefficient (Wildman–Crippen LogP) is 5.09. The third kappa shape index (κ3) is 4.04. The number of aliphatic hydroxyl groups excluding tert-OH is 1. The number of likely N-dealkylation sites (tertiary alicyclic amines) is 1. The number of Topliss-reactive ketones (excluding diaryl/α,β-unsaturated/α-hetero) is 1. The van der Waals surface area contributed by atoms with Crippen molar-refractivity contribution in [2.24, 2.45) is 0 Å². The average molecular weight is 446 g/mol. The molecule has 1 amide bonds. The van der Waals surface area contributed by atoms with E-state index in [9.17, 15) is 14.7 Å². The van der Waals surface area contributed by atoms with Crippen LogP contribution < -0.4 is 4.74 Å². The van der Waals surface area contributed by atoms with Gasteiger partial charge in [0.2, 0.25) is 0 Å². The zero-order valence-corrected chi connectivity index (χ0v) is 19.2. The number of carbonyl (C=O) groups excluding carboxylic acids is 2. The number of rotatable bonds is 6. The zero-order valence-electron chi connectivity index (χ0n) is 19.2. The summed E-state index contributed by atoms with van der Waals surface area (Å²) >= 11 is 0. The van der Waals surface area contributed by atoms with Crippen molar-refractivity contribution in [1.29, 1.82) is 0 Å². The second-order valence-corrected chi connectivity index (χ2v) is 8.24. The van der Waals surface area contributed by atoms with E-state index in [1.54, 1.807) is 25.3 Å². The van der Waals surface area contributed by atoms with E-state index in [1.165, 1.54) is 11.2 Å². The highest BCUT2D eigenvalue weighted by atomic mass is 16.5. The van der Waals surface area contributed by atoms with E-state index in [0.717, 1.165) is 28.7 Å². The minimum absolute atomic E-state index is 0.0727. The molecule has 33 heavy (non-hydrogen) atoms. The molecule has 2 aromatic carbocycles. The van der Waals surface area contributed by atoms with Gasteiger partial charge in [0.15, 0.2) is 0 Å². The molecule has 3 aromatic rings. The van der Waals surface area contributed by atoms with Gasteiger partial charge in [-0.15, -0.1) is 0 Å². The number of hydrogen-bond acceptors (Lipinski definition) is 5. The number of benzene rings is 2. The van der Waals surface area contributed by atoms with Crippen molar-refractivity contribution in [3.8, 4) is 5.75 Å². The van der Waals surface area contributed by atoms with Crippen LogP contribution in [-0.2, 0) is 22.6 Å². The maximum atomic E-state index is 13.2. The van der Waals surface area contributed by atoms with Crippen LogP contribution in [0.1, 0.15) is 46.5 Å². The van der Waals surface area contributed by atoms with E-state index in [-0.39, 0.29) is 17.9 Å². The standard InChI is InChI=1S/C27H27NO5/c1-5-18-8-10-19(11-9-18)24-23(25(29)21-13-17(3)22(32-4)14-16(21)2)26(30)27(31)28(24)15-20-7-6-12-33-20/h6-14,24,29H,5,15H2,1-4H3/b25-23+. The number of aryl methyl sites for hydroxylation is 3. The van der Waals surface area contributed by atoms with Crippen LogP contribution in [0.25, 0.3) is 5.76 Å². The van der Waals surface area contributed by atoms with Crippen molar-refractivity contribution < 1.29 is 23.8 Å². The Morgan fingerprint density at radius 3 is 2.42 bits per heavy atom. The number of methoxy groups -OCH3 is 1. The first-order valence-electron chi connectivity index (χ1n) is 10.9. The molecule has 0 spiro atoms. The van der Waals surface area contributed by atoms with Crippen LogP contribution in [0.3, 0.4) is 0 Å². The smallest absolute Gasteiger partial charge is 0.296 e. The van der Waals surface area contributed by atoms with E-state index < -0.39 is 17.7 Å². The third-order valence-corrected chi connectivity index (χ3v) is 6.15. The first-order valence-corrected chi connectivity index (χ1v) is 10.9. The summed E-state index contributed by atoms with van der Waals surface area (Å²) in [6, 6.07) is 14.1. The SMILES string of the molecule is CCc1ccc(C2/C(=C(\O)c3cc(C)c(OC)cc3C)C(=O)C(=O)N2Cc2ccco2)cc1. The lowest BCUT2D eigenvalue weighted by Gasteiger charge is -2.25. The lowest BCUT2D eigenvalue weighted by Crippen LogP contribution is -2.29. The molecule has 6 nitrogen and oxygen atoms in total. The van der Waals surface area contributed by atoms with E-state index in [0.29, 0.717) is 17.1 Å². The zero-order chi connectivity index (χ0) is 23.7. The minimum atomic E-state index is -0.734. The van der Waals surface area contributed by atoms with Crippen LogP contribution in [0.2, 0.25) is 0 Å². The van der Waals surface area contributed by atoms with Crippen molar-refractivity contribution in [1.82, 2.24) is 4.90 Å². The Kier molecular flexibility index (Phi) is 6.09. The van der Waals surface area contributed by atoms with Gasteiger partial charge in [0.25, 0.3) is 11.7 Å². The molecular weight excluding hydrogens is 418 g/mol.